The summed E-state index contributed by atoms with van der Waals surface area (Å²) >= 11 is 0. The SMILES string of the molecule is CCOC(=O)c1ccc(-c2ccc(OCC3CCN(CC(C)(C)F)CC3)nc2)c(F)c1. The Kier molecular flexibility index (Phi) is 7.59. The molecule has 1 saturated heterocycles. The van der Waals surface area contributed by atoms with Gasteiger partial charge in [-0.15, -0.1) is 0 Å². The highest BCUT2D eigenvalue weighted by molar-refractivity contribution is 5.90. The fraction of sp³-hybridized carbons (Fsp3) is 0.500. The maximum absolute atomic E-state index is 14.5. The Morgan fingerprint density at radius 2 is 1.97 bits per heavy atom. The van der Waals surface area contributed by atoms with E-state index in [1.165, 1.54) is 12.1 Å². The Balaban J connectivity index is 1.52. The molecule has 3 rings (SSSR count). The predicted molar refractivity (Wildman–Crippen MR) is 115 cm³/mol. The summed E-state index contributed by atoms with van der Waals surface area (Å²) in [7, 11) is 0. The Hall–Kier alpha value is -2.54. The Bertz CT molecular complexity index is 873. The molecule has 1 aliphatic heterocycles. The first-order chi connectivity index (χ1) is 14.7. The molecule has 0 radical (unpaired) electrons. The summed E-state index contributed by atoms with van der Waals surface area (Å²) in [4.78, 5) is 18.2. The van der Waals surface area contributed by atoms with Gasteiger partial charge in [-0.05, 0) is 70.8 Å². The van der Waals surface area contributed by atoms with E-state index in [0.29, 0.717) is 36.1 Å². The first-order valence-corrected chi connectivity index (χ1v) is 10.7. The molecule has 1 aromatic carbocycles. The molecule has 168 valence electrons. The maximum atomic E-state index is 14.5. The van der Waals surface area contributed by atoms with Crippen LogP contribution >= 0.6 is 0 Å². The summed E-state index contributed by atoms with van der Waals surface area (Å²) in [5, 5.41) is 0. The van der Waals surface area contributed by atoms with Crippen LogP contribution in [0.1, 0.15) is 44.0 Å². The topological polar surface area (TPSA) is 51.7 Å². The zero-order valence-electron chi connectivity index (χ0n) is 18.4. The minimum absolute atomic E-state index is 0.178. The lowest BCUT2D eigenvalue weighted by molar-refractivity contribution is 0.0525. The Morgan fingerprint density at radius 1 is 1.23 bits per heavy atom. The third kappa shape index (κ3) is 6.72. The monoisotopic (exact) mass is 432 g/mol. The molecule has 0 N–H and O–H groups in total. The number of rotatable bonds is 8. The van der Waals surface area contributed by atoms with Crippen molar-refractivity contribution in [3.63, 3.8) is 0 Å². The largest absolute Gasteiger partial charge is 0.477 e. The average Bonchev–Trinajstić information content (AvgIpc) is 2.73. The van der Waals surface area contributed by atoms with E-state index in [9.17, 15) is 13.6 Å². The van der Waals surface area contributed by atoms with E-state index in [-0.39, 0.29) is 12.2 Å². The van der Waals surface area contributed by atoms with Gasteiger partial charge in [0, 0.05) is 29.9 Å². The smallest absolute Gasteiger partial charge is 0.338 e. The molecule has 1 aliphatic rings. The summed E-state index contributed by atoms with van der Waals surface area (Å²) in [6, 6.07) is 7.72. The van der Waals surface area contributed by atoms with Gasteiger partial charge in [0.2, 0.25) is 5.88 Å². The predicted octanol–water partition coefficient (Wildman–Crippen LogP) is 4.90. The second-order valence-electron chi connectivity index (χ2n) is 8.55. The molecule has 0 atom stereocenters. The number of aromatic nitrogens is 1. The van der Waals surface area contributed by atoms with Gasteiger partial charge < -0.3 is 14.4 Å². The molecule has 0 bridgehead atoms. The van der Waals surface area contributed by atoms with E-state index < -0.39 is 17.5 Å². The number of esters is 1. The van der Waals surface area contributed by atoms with Crippen molar-refractivity contribution < 1.29 is 23.0 Å². The van der Waals surface area contributed by atoms with Crippen LogP contribution in [0.3, 0.4) is 0 Å². The molecule has 2 aromatic rings. The third-order valence-corrected chi connectivity index (χ3v) is 5.30. The minimum Gasteiger partial charge on any atom is -0.477 e. The molecule has 31 heavy (non-hydrogen) atoms. The van der Waals surface area contributed by atoms with Crippen molar-refractivity contribution in [3.8, 4) is 17.0 Å². The molecular formula is C24H30F2N2O3. The van der Waals surface area contributed by atoms with Crippen molar-refractivity contribution in [2.75, 3.05) is 32.8 Å². The van der Waals surface area contributed by atoms with Gasteiger partial charge in [-0.25, -0.2) is 18.6 Å². The van der Waals surface area contributed by atoms with E-state index >= 15 is 0 Å². The lowest BCUT2D eigenvalue weighted by Crippen LogP contribution is -2.41. The van der Waals surface area contributed by atoms with Gasteiger partial charge in [-0.1, -0.05) is 6.07 Å². The fourth-order valence-electron chi connectivity index (χ4n) is 3.76. The average molecular weight is 433 g/mol. The van der Waals surface area contributed by atoms with Gasteiger partial charge in [0.05, 0.1) is 18.8 Å². The van der Waals surface area contributed by atoms with Crippen LogP contribution in [0, 0.1) is 11.7 Å². The zero-order chi connectivity index (χ0) is 22.4. The summed E-state index contributed by atoms with van der Waals surface area (Å²) in [6.07, 6.45) is 3.49. The number of hydrogen-bond donors (Lipinski definition) is 0. The van der Waals surface area contributed by atoms with E-state index in [1.807, 2.05) is 0 Å². The number of ether oxygens (including phenoxy) is 2. The fourth-order valence-corrected chi connectivity index (χ4v) is 3.76. The van der Waals surface area contributed by atoms with Crippen molar-refractivity contribution in [2.45, 2.75) is 39.3 Å². The van der Waals surface area contributed by atoms with Crippen LogP contribution in [0.25, 0.3) is 11.1 Å². The van der Waals surface area contributed by atoms with E-state index in [1.54, 1.807) is 45.2 Å². The second-order valence-corrected chi connectivity index (χ2v) is 8.55. The number of carbonyl (C=O) groups is 1. The normalized spacial score (nSPS) is 15.6. The maximum Gasteiger partial charge on any atom is 0.338 e. The van der Waals surface area contributed by atoms with Crippen molar-refractivity contribution in [2.24, 2.45) is 5.92 Å². The van der Waals surface area contributed by atoms with Gasteiger partial charge in [0.15, 0.2) is 0 Å². The number of halogens is 2. The molecular weight excluding hydrogens is 402 g/mol. The summed E-state index contributed by atoms with van der Waals surface area (Å²) in [5.41, 5.74) is -0.0389. The zero-order valence-corrected chi connectivity index (χ0v) is 18.4. The van der Waals surface area contributed by atoms with Crippen LogP contribution in [0.2, 0.25) is 0 Å². The standard InChI is InChI=1S/C24H30F2N2O3/c1-4-30-23(29)18-5-7-20(21(25)13-18)19-6-8-22(27-14-19)31-15-17-9-11-28(12-10-17)16-24(2,3)26/h5-8,13-14,17H,4,9-12,15-16H2,1-3H3. The molecule has 7 heteroatoms. The molecule has 0 aliphatic carbocycles. The number of likely N-dealkylation sites (tertiary alicyclic amines) is 1. The highest BCUT2D eigenvalue weighted by Crippen LogP contribution is 2.26. The lowest BCUT2D eigenvalue weighted by Gasteiger charge is -2.34. The number of piperidine rings is 1. The minimum atomic E-state index is -1.17. The number of benzene rings is 1. The summed E-state index contributed by atoms with van der Waals surface area (Å²) in [6.45, 7) is 7.92. The van der Waals surface area contributed by atoms with E-state index in [0.717, 1.165) is 25.9 Å². The van der Waals surface area contributed by atoms with Crippen molar-refractivity contribution in [1.82, 2.24) is 9.88 Å². The number of pyridine rings is 1. The molecule has 0 amide bonds. The van der Waals surface area contributed by atoms with E-state index in [4.69, 9.17) is 9.47 Å². The molecule has 0 saturated carbocycles. The van der Waals surface area contributed by atoms with Crippen molar-refractivity contribution in [3.05, 3.63) is 47.9 Å². The van der Waals surface area contributed by atoms with Gasteiger partial charge in [0.25, 0.3) is 0 Å². The Morgan fingerprint density at radius 3 is 2.55 bits per heavy atom. The van der Waals surface area contributed by atoms with Crippen LogP contribution in [0.4, 0.5) is 8.78 Å². The van der Waals surface area contributed by atoms with Gasteiger partial charge >= 0.3 is 5.97 Å². The molecule has 5 nitrogen and oxygen atoms in total. The number of carbonyl (C=O) groups excluding carboxylic acids is 1. The second kappa shape index (κ2) is 10.2. The lowest BCUT2D eigenvalue weighted by atomic mass is 9.97. The van der Waals surface area contributed by atoms with Crippen molar-refractivity contribution in [1.29, 1.82) is 0 Å². The third-order valence-electron chi connectivity index (χ3n) is 5.30. The van der Waals surface area contributed by atoms with Crippen LogP contribution in [-0.2, 0) is 4.74 Å². The number of nitrogens with zero attached hydrogens (tertiary/aromatic N) is 2. The van der Waals surface area contributed by atoms with Gasteiger partial charge in [-0.3, -0.25) is 0 Å². The molecule has 1 aromatic heterocycles. The first kappa shape index (κ1) is 23.1. The Labute approximate surface area is 182 Å². The van der Waals surface area contributed by atoms with Crippen molar-refractivity contribution >= 4 is 5.97 Å². The van der Waals surface area contributed by atoms with Gasteiger partial charge in [-0.2, -0.15) is 0 Å². The molecule has 2 heterocycles. The first-order valence-electron chi connectivity index (χ1n) is 10.7. The quantitative estimate of drug-likeness (QED) is 0.555. The highest BCUT2D eigenvalue weighted by Gasteiger charge is 2.25. The molecule has 0 spiro atoms. The number of hydrogen-bond acceptors (Lipinski definition) is 5. The van der Waals surface area contributed by atoms with E-state index in [2.05, 4.69) is 9.88 Å². The summed E-state index contributed by atoms with van der Waals surface area (Å²) in [5.74, 6) is -0.161. The molecule has 1 fully saturated rings. The number of alkyl halides is 1. The van der Waals surface area contributed by atoms with Crippen LogP contribution in [0.5, 0.6) is 5.88 Å². The van der Waals surface area contributed by atoms with Crippen LogP contribution in [-0.4, -0.2) is 54.4 Å². The highest BCUT2D eigenvalue weighted by atomic mass is 19.1. The molecule has 0 unspecified atom stereocenters. The van der Waals surface area contributed by atoms with Gasteiger partial charge in [0.1, 0.15) is 11.5 Å². The van der Waals surface area contributed by atoms with Crippen LogP contribution in [0.15, 0.2) is 36.5 Å². The summed E-state index contributed by atoms with van der Waals surface area (Å²) < 4.78 is 39.0. The van der Waals surface area contributed by atoms with Crippen LogP contribution < -0.4 is 4.74 Å².